The number of carbonyl (C=O) groups is 2. The van der Waals surface area contributed by atoms with Gasteiger partial charge in [0.1, 0.15) is 0 Å². The molecule has 33 heavy (non-hydrogen) atoms. The largest absolute Gasteiger partial charge is 0.493 e. The summed E-state index contributed by atoms with van der Waals surface area (Å²) in [5.74, 6) is -0.405. The van der Waals surface area contributed by atoms with Crippen LogP contribution in [0.2, 0.25) is 0 Å². The summed E-state index contributed by atoms with van der Waals surface area (Å²) in [4.78, 5) is 25.7. The third-order valence-corrected chi connectivity index (χ3v) is 5.54. The van der Waals surface area contributed by atoms with Crippen LogP contribution >= 0.6 is 0 Å². The maximum absolute atomic E-state index is 12.9. The second-order valence-corrected chi connectivity index (χ2v) is 7.59. The van der Waals surface area contributed by atoms with Crippen LogP contribution < -0.4 is 14.8 Å². The predicted octanol–water partition coefficient (Wildman–Crippen LogP) is 4.78. The Hall–Kier alpha value is -3.48. The molecule has 0 radical (unpaired) electrons. The van der Waals surface area contributed by atoms with Crippen molar-refractivity contribution >= 4 is 23.2 Å². The fraction of sp³-hybridized carbons (Fsp3) is 0.385. The number of methoxy groups -OCH3 is 2. The standard InChI is InChI=1S/C26H31NO6/c1-5-32-25(28)21-15-24(31-4)23(30-3)14-20(21)22(26(29)33-6-2)16-27-19-12-11-17-9-7-8-10-18(17)13-19/h11-16,27H,5-10H2,1-4H3. The van der Waals surface area contributed by atoms with Crippen LogP contribution in [0.5, 0.6) is 11.5 Å². The summed E-state index contributed by atoms with van der Waals surface area (Å²) in [7, 11) is 2.97. The van der Waals surface area contributed by atoms with E-state index in [1.807, 2.05) is 6.07 Å². The minimum atomic E-state index is -0.572. The molecule has 1 aliphatic rings. The number of ether oxygens (including phenoxy) is 4. The van der Waals surface area contributed by atoms with Crippen molar-refractivity contribution in [2.45, 2.75) is 39.5 Å². The zero-order valence-corrected chi connectivity index (χ0v) is 19.7. The van der Waals surface area contributed by atoms with Crippen LogP contribution in [0.1, 0.15) is 53.7 Å². The molecule has 176 valence electrons. The van der Waals surface area contributed by atoms with Crippen molar-refractivity contribution < 1.29 is 28.5 Å². The highest BCUT2D eigenvalue weighted by Gasteiger charge is 2.25. The van der Waals surface area contributed by atoms with Gasteiger partial charge in [0.2, 0.25) is 0 Å². The Kier molecular flexibility index (Phi) is 8.35. The number of hydrogen-bond acceptors (Lipinski definition) is 7. The molecular formula is C26H31NO6. The zero-order chi connectivity index (χ0) is 23.8. The van der Waals surface area contributed by atoms with Crippen molar-refractivity contribution in [3.63, 3.8) is 0 Å². The Morgan fingerprint density at radius 1 is 0.879 bits per heavy atom. The van der Waals surface area contributed by atoms with Gasteiger partial charge in [0.05, 0.1) is 38.6 Å². The molecule has 0 fully saturated rings. The number of esters is 2. The number of nitrogens with one attached hydrogen (secondary N) is 1. The van der Waals surface area contributed by atoms with E-state index < -0.39 is 11.9 Å². The van der Waals surface area contributed by atoms with Crippen LogP contribution in [0.15, 0.2) is 36.5 Å². The van der Waals surface area contributed by atoms with Crippen LogP contribution in [0, 0.1) is 0 Å². The first-order valence-electron chi connectivity index (χ1n) is 11.2. The van der Waals surface area contributed by atoms with E-state index in [1.165, 1.54) is 44.3 Å². The molecule has 0 bridgehead atoms. The Morgan fingerprint density at radius 3 is 2.15 bits per heavy atom. The van der Waals surface area contributed by atoms with Crippen molar-refractivity contribution in [3.05, 3.63) is 58.8 Å². The lowest BCUT2D eigenvalue weighted by molar-refractivity contribution is -0.136. The summed E-state index contributed by atoms with van der Waals surface area (Å²) in [6.07, 6.45) is 6.08. The highest BCUT2D eigenvalue weighted by atomic mass is 16.5. The summed E-state index contributed by atoms with van der Waals surface area (Å²) >= 11 is 0. The molecule has 1 N–H and O–H groups in total. The first-order valence-corrected chi connectivity index (χ1v) is 11.2. The molecule has 0 saturated heterocycles. The second-order valence-electron chi connectivity index (χ2n) is 7.59. The van der Waals surface area contributed by atoms with Gasteiger partial charge in [-0.3, -0.25) is 0 Å². The maximum Gasteiger partial charge on any atom is 0.340 e. The molecule has 0 aromatic heterocycles. The number of carbonyl (C=O) groups excluding carboxylic acids is 2. The smallest absolute Gasteiger partial charge is 0.340 e. The van der Waals surface area contributed by atoms with Crippen LogP contribution in [0.25, 0.3) is 5.57 Å². The molecule has 0 heterocycles. The van der Waals surface area contributed by atoms with E-state index in [9.17, 15) is 9.59 Å². The van der Waals surface area contributed by atoms with Crippen LogP contribution in [0.3, 0.4) is 0 Å². The number of anilines is 1. The Labute approximate surface area is 194 Å². The molecule has 0 saturated carbocycles. The van der Waals surface area contributed by atoms with E-state index in [-0.39, 0.29) is 24.4 Å². The molecule has 7 nitrogen and oxygen atoms in total. The Morgan fingerprint density at radius 2 is 1.52 bits per heavy atom. The summed E-state index contributed by atoms with van der Waals surface area (Å²) < 4.78 is 21.3. The highest BCUT2D eigenvalue weighted by Crippen LogP contribution is 2.35. The normalized spacial score (nSPS) is 13.0. The van der Waals surface area contributed by atoms with E-state index in [1.54, 1.807) is 26.1 Å². The third-order valence-electron chi connectivity index (χ3n) is 5.54. The minimum Gasteiger partial charge on any atom is -0.493 e. The molecule has 0 aliphatic heterocycles. The first kappa shape index (κ1) is 24.2. The second kappa shape index (κ2) is 11.4. The van der Waals surface area contributed by atoms with Gasteiger partial charge in [0.15, 0.2) is 11.5 Å². The van der Waals surface area contributed by atoms with Crippen molar-refractivity contribution in [1.29, 1.82) is 0 Å². The average Bonchev–Trinajstić information content (AvgIpc) is 2.83. The molecule has 1 aliphatic carbocycles. The van der Waals surface area contributed by atoms with Crippen molar-refractivity contribution in [3.8, 4) is 11.5 Å². The van der Waals surface area contributed by atoms with Gasteiger partial charge in [0, 0.05) is 17.5 Å². The lowest BCUT2D eigenvalue weighted by atomic mass is 9.91. The van der Waals surface area contributed by atoms with Crippen LogP contribution in [0.4, 0.5) is 5.69 Å². The molecule has 7 heteroatoms. The molecule has 0 atom stereocenters. The van der Waals surface area contributed by atoms with Gasteiger partial charge >= 0.3 is 11.9 Å². The predicted molar refractivity (Wildman–Crippen MR) is 127 cm³/mol. The van der Waals surface area contributed by atoms with E-state index in [0.717, 1.165) is 18.5 Å². The van der Waals surface area contributed by atoms with Gasteiger partial charge in [-0.2, -0.15) is 0 Å². The lowest BCUT2D eigenvalue weighted by Gasteiger charge is -2.18. The van der Waals surface area contributed by atoms with Crippen LogP contribution in [-0.4, -0.2) is 39.4 Å². The number of benzene rings is 2. The number of fused-ring (bicyclic) bond motifs is 1. The van der Waals surface area contributed by atoms with E-state index in [4.69, 9.17) is 18.9 Å². The summed E-state index contributed by atoms with van der Waals surface area (Å²) in [5.41, 5.74) is 4.23. The molecule has 0 amide bonds. The average molecular weight is 454 g/mol. The fourth-order valence-corrected chi connectivity index (χ4v) is 3.91. The van der Waals surface area contributed by atoms with Gasteiger partial charge in [-0.25, -0.2) is 9.59 Å². The van der Waals surface area contributed by atoms with E-state index in [2.05, 4.69) is 17.4 Å². The summed E-state index contributed by atoms with van der Waals surface area (Å²) in [5, 5.41) is 3.21. The minimum absolute atomic E-state index is 0.179. The maximum atomic E-state index is 12.9. The van der Waals surface area contributed by atoms with Gasteiger partial charge in [-0.1, -0.05) is 6.07 Å². The summed E-state index contributed by atoms with van der Waals surface area (Å²) in [6, 6.07) is 9.31. The molecule has 0 unspecified atom stereocenters. The third kappa shape index (κ3) is 5.66. The molecule has 0 spiro atoms. The summed E-state index contributed by atoms with van der Waals surface area (Å²) in [6.45, 7) is 3.83. The van der Waals surface area contributed by atoms with Crippen molar-refractivity contribution in [1.82, 2.24) is 0 Å². The monoisotopic (exact) mass is 453 g/mol. The quantitative estimate of drug-likeness (QED) is 0.432. The topological polar surface area (TPSA) is 83.1 Å². The lowest BCUT2D eigenvalue weighted by Crippen LogP contribution is -2.14. The zero-order valence-electron chi connectivity index (χ0n) is 19.7. The molecule has 2 aromatic carbocycles. The number of aryl methyl sites for hydroxylation is 2. The Balaban J connectivity index is 2.07. The fourth-order valence-electron chi connectivity index (χ4n) is 3.91. The first-order chi connectivity index (χ1) is 16.0. The van der Waals surface area contributed by atoms with Crippen LogP contribution in [-0.2, 0) is 27.1 Å². The molecular weight excluding hydrogens is 422 g/mol. The Bertz CT molecular complexity index is 1040. The van der Waals surface area contributed by atoms with E-state index in [0.29, 0.717) is 17.1 Å². The number of rotatable bonds is 9. The van der Waals surface area contributed by atoms with Gasteiger partial charge in [0.25, 0.3) is 0 Å². The molecule has 3 rings (SSSR count). The van der Waals surface area contributed by atoms with Crippen molar-refractivity contribution in [2.75, 3.05) is 32.8 Å². The highest BCUT2D eigenvalue weighted by molar-refractivity contribution is 6.19. The number of hydrogen-bond donors (Lipinski definition) is 1. The van der Waals surface area contributed by atoms with Gasteiger partial charge < -0.3 is 24.3 Å². The van der Waals surface area contributed by atoms with Gasteiger partial charge in [-0.15, -0.1) is 0 Å². The SMILES string of the molecule is CCOC(=O)C(=CNc1ccc2c(c1)CCCC2)c1cc(OC)c(OC)cc1C(=O)OCC. The van der Waals surface area contributed by atoms with Crippen molar-refractivity contribution in [2.24, 2.45) is 0 Å². The van der Waals surface area contributed by atoms with Gasteiger partial charge in [-0.05, 0) is 74.9 Å². The molecule has 2 aromatic rings. The van der Waals surface area contributed by atoms with E-state index >= 15 is 0 Å².